The Bertz CT molecular complexity index is 828. The van der Waals surface area contributed by atoms with Crippen LogP contribution in [0.3, 0.4) is 0 Å². The van der Waals surface area contributed by atoms with E-state index >= 15 is 0 Å². The minimum Gasteiger partial charge on any atom is -0.335 e. The number of carbonyl (C=O) groups is 4. The molecule has 0 spiro atoms. The number of hydrogen-bond acceptors (Lipinski definition) is 4. The van der Waals surface area contributed by atoms with Crippen molar-refractivity contribution in [2.45, 2.75) is 39.2 Å². The molecule has 28 heavy (non-hydrogen) atoms. The van der Waals surface area contributed by atoms with Crippen molar-refractivity contribution >= 4 is 29.4 Å². The lowest BCUT2D eigenvalue weighted by Gasteiger charge is -2.22. The molecule has 8 nitrogen and oxygen atoms in total. The van der Waals surface area contributed by atoms with Crippen LogP contribution >= 0.6 is 0 Å². The summed E-state index contributed by atoms with van der Waals surface area (Å²) in [4.78, 5) is 51.8. The summed E-state index contributed by atoms with van der Waals surface area (Å²) in [5, 5.41) is 5.53. The Labute approximate surface area is 164 Å². The van der Waals surface area contributed by atoms with Gasteiger partial charge in [0.1, 0.15) is 12.1 Å². The van der Waals surface area contributed by atoms with Crippen molar-refractivity contribution in [2.24, 2.45) is 5.92 Å². The number of aryl methyl sites for hydroxylation is 2. The second kappa shape index (κ2) is 7.26. The van der Waals surface area contributed by atoms with Crippen molar-refractivity contribution < 1.29 is 19.2 Å². The molecule has 2 N–H and O–H groups in total. The van der Waals surface area contributed by atoms with Crippen molar-refractivity contribution in [3.05, 3.63) is 29.3 Å². The van der Waals surface area contributed by atoms with E-state index in [0.29, 0.717) is 0 Å². The number of rotatable bonds is 6. The lowest BCUT2D eigenvalue weighted by atomic mass is 9.96. The number of anilines is 1. The monoisotopic (exact) mass is 386 g/mol. The van der Waals surface area contributed by atoms with Gasteiger partial charge in [0.05, 0.1) is 6.54 Å². The number of nitrogens with zero attached hydrogens (tertiary/aromatic N) is 2. The molecule has 1 saturated carbocycles. The Morgan fingerprint density at radius 3 is 2.43 bits per heavy atom. The van der Waals surface area contributed by atoms with Crippen molar-refractivity contribution in [1.82, 2.24) is 15.1 Å². The summed E-state index contributed by atoms with van der Waals surface area (Å²) in [6.07, 6.45) is 1.78. The standard InChI is InChI=1S/C20H26N4O4/c1-12-6-5-7-13(2)17(12)21-15(25)10-23(4)16(26)11-24-18(27)20(3,14-8-9-14)22-19(24)28/h5-7,14H,8-11H2,1-4H3,(H,21,25)(H,22,28)/t20-/m0/s1. The van der Waals surface area contributed by atoms with E-state index in [0.717, 1.165) is 34.6 Å². The zero-order valence-electron chi connectivity index (χ0n) is 16.7. The van der Waals surface area contributed by atoms with Crippen LogP contribution in [0.1, 0.15) is 30.9 Å². The summed E-state index contributed by atoms with van der Waals surface area (Å²) in [6, 6.07) is 5.14. The van der Waals surface area contributed by atoms with Crippen LogP contribution in [0.5, 0.6) is 0 Å². The number of urea groups is 1. The van der Waals surface area contributed by atoms with E-state index in [2.05, 4.69) is 10.6 Å². The molecule has 2 fully saturated rings. The largest absolute Gasteiger partial charge is 0.335 e. The summed E-state index contributed by atoms with van der Waals surface area (Å²) in [5.41, 5.74) is 1.67. The van der Waals surface area contributed by atoms with Gasteiger partial charge in [-0.2, -0.15) is 0 Å². The van der Waals surface area contributed by atoms with E-state index in [1.807, 2.05) is 32.0 Å². The zero-order chi connectivity index (χ0) is 20.6. The number of para-hydroxylation sites is 1. The normalized spacial score (nSPS) is 21.5. The van der Waals surface area contributed by atoms with Gasteiger partial charge in [0.2, 0.25) is 11.8 Å². The SMILES string of the molecule is Cc1cccc(C)c1NC(=O)CN(C)C(=O)CN1C(=O)N[C@@](C)(C2CC2)C1=O. The van der Waals surface area contributed by atoms with Crippen LogP contribution in [-0.2, 0) is 14.4 Å². The third kappa shape index (κ3) is 3.72. The maximum Gasteiger partial charge on any atom is 0.325 e. The summed E-state index contributed by atoms with van der Waals surface area (Å²) in [7, 11) is 1.48. The van der Waals surface area contributed by atoms with Gasteiger partial charge in [-0.15, -0.1) is 0 Å². The fourth-order valence-corrected chi connectivity index (χ4v) is 3.55. The van der Waals surface area contributed by atoms with Gasteiger partial charge in [0, 0.05) is 12.7 Å². The highest BCUT2D eigenvalue weighted by molar-refractivity contribution is 6.09. The van der Waals surface area contributed by atoms with Crippen molar-refractivity contribution in [1.29, 1.82) is 0 Å². The topological polar surface area (TPSA) is 98.8 Å². The maximum absolute atomic E-state index is 12.6. The number of benzene rings is 1. The molecule has 3 rings (SSSR count). The minimum absolute atomic E-state index is 0.130. The van der Waals surface area contributed by atoms with Gasteiger partial charge in [-0.25, -0.2) is 4.79 Å². The minimum atomic E-state index is -0.921. The number of imide groups is 1. The van der Waals surface area contributed by atoms with Crippen LogP contribution in [0.15, 0.2) is 18.2 Å². The highest BCUT2D eigenvalue weighted by Crippen LogP contribution is 2.42. The number of carbonyl (C=O) groups excluding carboxylic acids is 4. The third-order valence-corrected chi connectivity index (χ3v) is 5.54. The molecule has 1 aromatic carbocycles. The molecule has 1 saturated heterocycles. The Morgan fingerprint density at radius 1 is 1.25 bits per heavy atom. The third-order valence-electron chi connectivity index (χ3n) is 5.54. The van der Waals surface area contributed by atoms with Gasteiger partial charge < -0.3 is 15.5 Å². The Kier molecular flexibility index (Phi) is 5.14. The Balaban J connectivity index is 1.58. The number of amides is 5. The predicted octanol–water partition coefficient (Wildman–Crippen LogP) is 1.42. The molecule has 5 amide bonds. The molecule has 2 aliphatic rings. The van der Waals surface area contributed by atoms with Gasteiger partial charge in [0.25, 0.3) is 5.91 Å². The van der Waals surface area contributed by atoms with E-state index in [4.69, 9.17) is 0 Å². The second-order valence-electron chi connectivity index (χ2n) is 7.86. The molecule has 1 aliphatic heterocycles. The van der Waals surface area contributed by atoms with Gasteiger partial charge in [0.15, 0.2) is 0 Å². The van der Waals surface area contributed by atoms with Crippen molar-refractivity contribution in [3.63, 3.8) is 0 Å². The molecule has 1 aromatic rings. The molecular formula is C20H26N4O4. The molecule has 1 atom stereocenters. The van der Waals surface area contributed by atoms with E-state index in [-0.39, 0.29) is 30.8 Å². The number of hydrogen-bond donors (Lipinski definition) is 2. The van der Waals surface area contributed by atoms with Crippen molar-refractivity contribution in [2.75, 3.05) is 25.5 Å². The van der Waals surface area contributed by atoms with Crippen LogP contribution in [0.4, 0.5) is 10.5 Å². The predicted molar refractivity (Wildman–Crippen MR) is 104 cm³/mol. The van der Waals surface area contributed by atoms with E-state index in [9.17, 15) is 19.2 Å². The molecular weight excluding hydrogens is 360 g/mol. The lowest BCUT2D eigenvalue weighted by Crippen LogP contribution is -2.47. The summed E-state index contributed by atoms with van der Waals surface area (Å²) < 4.78 is 0. The van der Waals surface area contributed by atoms with E-state index in [1.54, 1.807) is 6.92 Å². The first-order valence-electron chi connectivity index (χ1n) is 9.37. The quantitative estimate of drug-likeness (QED) is 0.723. The molecule has 8 heteroatoms. The highest BCUT2D eigenvalue weighted by Gasteiger charge is 2.56. The maximum atomic E-state index is 12.6. The zero-order valence-corrected chi connectivity index (χ0v) is 16.7. The van der Waals surface area contributed by atoms with Crippen molar-refractivity contribution in [3.8, 4) is 0 Å². The average Bonchev–Trinajstić information content (AvgIpc) is 3.44. The summed E-state index contributed by atoms with van der Waals surface area (Å²) in [5.74, 6) is -1.06. The Hall–Kier alpha value is -2.90. The number of likely N-dealkylation sites (N-methyl/N-ethyl adjacent to an activating group) is 1. The van der Waals surface area contributed by atoms with Crippen LogP contribution in [0.25, 0.3) is 0 Å². The van der Waals surface area contributed by atoms with Crippen LogP contribution in [0, 0.1) is 19.8 Å². The van der Waals surface area contributed by atoms with Crippen LogP contribution in [0.2, 0.25) is 0 Å². The van der Waals surface area contributed by atoms with Crippen LogP contribution < -0.4 is 10.6 Å². The smallest absolute Gasteiger partial charge is 0.325 e. The first-order valence-corrected chi connectivity index (χ1v) is 9.37. The molecule has 1 heterocycles. The molecule has 0 radical (unpaired) electrons. The molecule has 0 unspecified atom stereocenters. The average molecular weight is 386 g/mol. The lowest BCUT2D eigenvalue weighted by molar-refractivity contribution is -0.139. The fraction of sp³-hybridized carbons (Fsp3) is 0.500. The molecule has 0 bridgehead atoms. The summed E-state index contributed by atoms with van der Waals surface area (Å²) >= 11 is 0. The molecule has 1 aliphatic carbocycles. The molecule has 150 valence electrons. The Morgan fingerprint density at radius 2 is 1.86 bits per heavy atom. The van der Waals surface area contributed by atoms with Gasteiger partial charge in [-0.1, -0.05) is 18.2 Å². The van der Waals surface area contributed by atoms with Crippen LogP contribution in [-0.4, -0.2) is 59.2 Å². The number of nitrogens with one attached hydrogen (secondary N) is 2. The van der Waals surface area contributed by atoms with E-state index in [1.165, 1.54) is 11.9 Å². The molecule has 0 aromatic heterocycles. The first kappa shape index (κ1) is 19.9. The van der Waals surface area contributed by atoms with E-state index < -0.39 is 17.5 Å². The van der Waals surface area contributed by atoms with Gasteiger partial charge in [-0.3, -0.25) is 19.3 Å². The highest BCUT2D eigenvalue weighted by atomic mass is 16.2. The fourth-order valence-electron chi connectivity index (χ4n) is 3.55. The van der Waals surface area contributed by atoms with Gasteiger partial charge >= 0.3 is 6.03 Å². The summed E-state index contributed by atoms with van der Waals surface area (Å²) in [6.45, 7) is 4.95. The first-order chi connectivity index (χ1) is 13.1. The second-order valence-corrected chi connectivity index (χ2v) is 7.86. The van der Waals surface area contributed by atoms with Gasteiger partial charge in [-0.05, 0) is 50.7 Å².